The summed E-state index contributed by atoms with van der Waals surface area (Å²) in [6.07, 6.45) is 1.64. The Balaban J connectivity index is 1.89. The van der Waals surface area contributed by atoms with Crippen LogP contribution in [-0.4, -0.2) is 31.5 Å². The lowest BCUT2D eigenvalue weighted by Crippen LogP contribution is -2.23. The summed E-state index contributed by atoms with van der Waals surface area (Å²) in [4.78, 5) is 23.9. The fraction of sp³-hybridized carbons (Fsp3) is 0.200. The molecule has 0 aliphatic heterocycles. The first-order valence-corrected chi connectivity index (χ1v) is 8.38. The van der Waals surface area contributed by atoms with Gasteiger partial charge in [0.15, 0.2) is 0 Å². The second kappa shape index (κ2) is 9.88. The monoisotopic (exact) mass is 353 g/mol. The first-order chi connectivity index (χ1) is 12.6. The minimum atomic E-state index is -0.201. The van der Waals surface area contributed by atoms with Crippen molar-refractivity contribution in [2.45, 2.75) is 6.92 Å². The van der Waals surface area contributed by atoms with Crippen LogP contribution in [0.1, 0.15) is 17.3 Å². The Labute approximate surface area is 153 Å². The third kappa shape index (κ3) is 5.66. The van der Waals surface area contributed by atoms with E-state index in [2.05, 4.69) is 22.5 Å². The number of nitrogens with one attached hydrogen (secondary N) is 3. The zero-order valence-corrected chi connectivity index (χ0v) is 14.7. The minimum absolute atomic E-state index is 0.0935. The van der Waals surface area contributed by atoms with Gasteiger partial charge in [-0.05, 0) is 43.3 Å². The fourth-order valence-electron chi connectivity index (χ4n) is 2.22. The summed E-state index contributed by atoms with van der Waals surface area (Å²) in [6, 6.07) is 14.2. The molecule has 0 fully saturated rings. The number of carbonyl (C=O) groups excluding carboxylic acids is 2. The van der Waals surface area contributed by atoms with Crippen molar-refractivity contribution in [1.82, 2.24) is 5.32 Å². The van der Waals surface area contributed by atoms with Crippen LogP contribution >= 0.6 is 0 Å². The summed E-state index contributed by atoms with van der Waals surface area (Å²) in [5.41, 5.74) is 1.94. The van der Waals surface area contributed by atoms with Gasteiger partial charge in [-0.2, -0.15) is 0 Å². The van der Waals surface area contributed by atoms with Gasteiger partial charge in [-0.3, -0.25) is 9.59 Å². The van der Waals surface area contributed by atoms with Gasteiger partial charge in [-0.15, -0.1) is 0 Å². The maximum Gasteiger partial charge on any atom is 0.251 e. The molecule has 2 rings (SSSR count). The molecule has 0 aromatic heterocycles. The van der Waals surface area contributed by atoms with E-state index in [0.29, 0.717) is 30.2 Å². The van der Waals surface area contributed by atoms with Crippen LogP contribution in [0.4, 0.5) is 11.4 Å². The molecule has 0 atom stereocenters. The number of hydrogen-bond donors (Lipinski definition) is 3. The van der Waals surface area contributed by atoms with Crippen LogP contribution in [0.2, 0.25) is 0 Å². The number of anilines is 2. The predicted octanol–water partition coefficient (Wildman–Crippen LogP) is 3.05. The van der Waals surface area contributed by atoms with Gasteiger partial charge in [0.2, 0.25) is 5.91 Å². The Morgan fingerprint density at radius 1 is 1.12 bits per heavy atom. The third-order valence-corrected chi connectivity index (χ3v) is 3.46. The molecule has 2 aromatic carbocycles. The highest BCUT2D eigenvalue weighted by molar-refractivity contribution is 5.96. The van der Waals surface area contributed by atoms with E-state index in [9.17, 15) is 9.59 Å². The molecule has 136 valence electrons. The van der Waals surface area contributed by atoms with Gasteiger partial charge < -0.3 is 20.7 Å². The minimum Gasteiger partial charge on any atom is -0.487 e. The van der Waals surface area contributed by atoms with Crippen molar-refractivity contribution in [1.29, 1.82) is 0 Å². The zero-order valence-electron chi connectivity index (χ0n) is 14.7. The first-order valence-electron chi connectivity index (χ1n) is 8.38. The smallest absolute Gasteiger partial charge is 0.251 e. The van der Waals surface area contributed by atoms with Crippen molar-refractivity contribution < 1.29 is 14.3 Å². The third-order valence-electron chi connectivity index (χ3n) is 3.46. The number of amides is 2. The van der Waals surface area contributed by atoms with Crippen LogP contribution in [0.3, 0.4) is 0 Å². The molecule has 0 radical (unpaired) electrons. The predicted molar refractivity (Wildman–Crippen MR) is 104 cm³/mol. The Morgan fingerprint density at radius 3 is 2.54 bits per heavy atom. The van der Waals surface area contributed by atoms with Crippen LogP contribution < -0.4 is 20.7 Å². The van der Waals surface area contributed by atoms with Crippen LogP contribution in [0, 0.1) is 0 Å². The Kier molecular flexibility index (Phi) is 7.24. The Hall–Kier alpha value is -3.28. The Morgan fingerprint density at radius 2 is 1.85 bits per heavy atom. The lowest BCUT2D eigenvalue weighted by Gasteiger charge is -2.12. The van der Waals surface area contributed by atoms with E-state index in [1.807, 2.05) is 19.1 Å². The molecular weight excluding hydrogens is 330 g/mol. The summed E-state index contributed by atoms with van der Waals surface area (Å²) < 4.78 is 5.51. The average Bonchev–Trinajstić information content (AvgIpc) is 2.66. The maximum absolute atomic E-state index is 12.2. The lowest BCUT2D eigenvalue weighted by atomic mass is 10.2. The molecule has 0 bridgehead atoms. The molecule has 0 aliphatic carbocycles. The van der Waals surface area contributed by atoms with E-state index in [-0.39, 0.29) is 18.4 Å². The standard InChI is InChI=1S/C20H23N3O3/c1-3-13-26-18-8-6-5-7-17(18)23-19(24)14-22-16-11-9-15(10-12-16)20(25)21-4-2/h3,5-12,22H,1,4,13-14H2,2H3,(H,21,25)(H,23,24). The molecule has 3 N–H and O–H groups in total. The molecule has 2 aromatic rings. The summed E-state index contributed by atoms with van der Waals surface area (Å²) in [6.45, 7) is 6.52. The molecule has 2 amide bonds. The molecule has 0 aliphatic rings. The van der Waals surface area contributed by atoms with Gasteiger partial charge in [0.1, 0.15) is 12.4 Å². The number of carbonyl (C=O) groups is 2. The van der Waals surface area contributed by atoms with Gasteiger partial charge in [-0.1, -0.05) is 24.8 Å². The molecule has 6 nitrogen and oxygen atoms in total. The maximum atomic E-state index is 12.2. The topological polar surface area (TPSA) is 79.5 Å². The normalized spacial score (nSPS) is 9.88. The number of hydrogen-bond acceptors (Lipinski definition) is 4. The SMILES string of the molecule is C=CCOc1ccccc1NC(=O)CNc1ccc(C(=O)NCC)cc1. The van der Waals surface area contributed by atoms with Crippen molar-refractivity contribution >= 4 is 23.2 Å². The highest BCUT2D eigenvalue weighted by Crippen LogP contribution is 2.23. The molecule has 26 heavy (non-hydrogen) atoms. The van der Waals surface area contributed by atoms with Gasteiger partial charge in [0, 0.05) is 17.8 Å². The molecule has 0 saturated heterocycles. The van der Waals surface area contributed by atoms with Crippen LogP contribution in [0.25, 0.3) is 0 Å². The first kappa shape index (κ1) is 19.1. The Bertz CT molecular complexity index is 757. The van der Waals surface area contributed by atoms with Crippen molar-refractivity contribution in [2.75, 3.05) is 30.3 Å². The molecule has 6 heteroatoms. The van der Waals surface area contributed by atoms with Crippen molar-refractivity contribution in [3.63, 3.8) is 0 Å². The average molecular weight is 353 g/mol. The van der Waals surface area contributed by atoms with E-state index in [1.165, 1.54) is 0 Å². The van der Waals surface area contributed by atoms with Gasteiger partial charge in [0.25, 0.3) is 5.91 Å². The number of rotatable bonds is 9. The zero-order chi connectivity index (χ0) is 18.8. The summed E-state index contributed by atoms with van der Waals surface area (Å²) in [5.74, 6) is 0.271. The van der Waals surface area contributed by atoms with E-state index >= 15 is 0 Å². The van der Waals surface area contributed by atoms with E-state index in [0.717, 1.165) is 5.69 Å². The molecule has 0 saturated carbocycles. The van der Waals surface area contributed by atoms with E-state index in [4.69, 9.17) is 4.74 Å². The van der Waals surface area contributed by atoms with Crippen molar-refractivity contribution in [3.8, 4) is 5.75 Å². The largest absolute Gasteiger partial charge is 0.487 e. The fourth-order valence-corrected chi connectivity index (χ4v) is 2.22. The highest BCUT2D eigenvalue weighted by Gasteiger charge is 2.08. The van der Waals surface area contributed by atoms with Crippen molar-refractivity contribution in [3.05, 3.63) is 66.7 Å². The van der Waals surface area contributed by atoms with Gasteiger partial charge in [0.05, 0.1) is 12.2 Å². The number of ether oxygens (including phenoxy) is 1. The second-order valence-corrected chi connectivity index (χ2v) is 5.43. The number of para-hydroxylation sites is 2. The van der Waals surface area contributed by atoms with Gasteiger partial charge >= 0.3 is 0 Å². The summed E-state index contributed by atoms with van der Waals surface area (Å²) in [7, 11) is 0. The van der Waals surface area contributed by atoms with Crippen molar-refractivity contribution in [2.24, 2.45) is 0 Å². The molecular formula is C20H23N3O3. The van der Waals surface area contributed by atoms with Crippen LogP contribution in [-0.2, 0) is 4.79 Å². The quantitative estimate of drug-likeness (QED) is 0.606. The molecule has 0 unspecified atom stereocenters. The van der Waals surface area contributed by atoms with Crippen LogP contribution in [0.15, 0.2) is 61.2 Å². The lowest BCUT2D eigenvalue weighted by molar-refractivity contribution is -0.114. The summed E-state index contributed by atoms with van der Waals surface area (Å²) in [5, 5.41) is 8.57. The highest BCUT2D eigenvalue weighted by atomic mass is 16.5. The number of benzene rings is 2. The van der Waals surface area contributed by atoms with E-state index in [1.54, 1.807) is 42.5 Å². The second-order valence-electron chi connectivity index (χ2n) is 5.43. The summed E-state index contributed by atoms with van der Waals surface area (Å²) >= 11 is 0. The van der Waals surface area contributed by atoms with Crippen LogP contribution in [0.5, 0.6) is 5.75 Å². The molecule has 0 heterocycles. The van der Waals surface area contributed by atoms with Gasteiger partial charge in [-0.25, -0.2) is 0 Å². The molecule has 0 spiro atoms. The van der Waals surface area contributed by atoms with E-state index < -0.39 is 0 Å².